The van der Waals surface area contributed by atoms with E-state index in [0.29, 0.717) is 18.8 Å². The van der Waals surface area contributed by atoms with Gasteiger partial charge in [0, 0.05) is 11.6 Å². The highest BCUT2D eigenvalue weighted by molar-refractivity contribution is 5.96. The van der Waals surface area contributed by atoms with Crippen LogP contribution in [-0.2, 0) is 0 Å². The summed E-state index contributed by atoms with van der Waals surface area (Å²) in [6.07, 6.45) is 2.88. The van der Waals surface area contributed by atoms with Crippen LogP contribution >= 0.6 is 0 Å². The van der Waals surface area contributed by atoms with Crippen LogP contribution in [0, 0.1) is 0 Å². The number of nitrogens with one attached hydrogen (secondary N) is 2. The molecule has 0 radical (unpaired) electrons. The van der Waals surface area contributed by atoms with Crippen molar-refractivity contribution in [1.82, 2.24) is 5.32 Å². The minimum atomic E-state index is -0.405. The Hall–Kier alpha value is -2.73. The van der Waals surface area contributed by atoms with Crippen molar-refractivity contribution in [1.29, 1.82) is 0 Å². The zero-order chi connectivity index (χ0) is 20.3. The van der Waals surface area contributed by atoms with E-state index < -0.39 is 5.54 Å². The van der Waals surface area contributed by atoms with Gasteiger partial charge in [-0.1, -0.05) is 18.2 Å². The van der Waals surface area contributed by atoms with E-state index in [4.69, 9.17) is 9.47 Å². The Morgan fingerprint density at radius 2 is 1.97 bits per heavy atom. The molecule has 6 heteroatoms. The molecule has 6 nitrogen and oxygen atoms in total. The van der Waals surface area contributed by atoms with E-state index in [0.717, 1.165) is 42.9 Å². The number of para-hydroxylation sites is 1. The molecule has 29 heavy (non-hydrogen) atoms. The largest absolute Gasteiger partial charge is 0.491 e. The maximum absolute atomic E-state index is 12.7. The molecule has 2 aromatic rings. The van der Waals surface area contributed by atoms with Gasteiger partial charge in [-0.3, -0.25) is 4.79 Å². The molecule has 154 valence electrons. The van der Waals surface area contributed by atoms with Crippen LogP contribution < -0.4 is 20.1 Å². The second-order valence-corrected chi connectivity index (χ2v) is 8.27. The van der Waals surface area contributed by atoms with Crippen LogP contribution in [0.5, 0.6) is 11.5 Å². The molecule has 2 aliphatic rings. The molecule has 4 rings (SSSR count). The third-order valence-electron chi connectivity index (χ3n) is 5.56. The molecule has 0 spiro atoms. The van der Waals surface area contributed by atoms with Crippen LogP contribution in [0.4, 0.5) is 5.69 Å². The first-order chi connectivity index (χ1) is 14.0. The number of anilines is 1. The molecule has 1 fully saturated rings. The SMILES string of the molecule is CC1(COc2ccccc2)COc2ccc(C(=O)NC3CCC(O)CC3)cc2N1. The lowest BCUT2D eigenvalue weighted by Gasteiger charge is -2.36. The van der Waals surface area contributed by atoms with Crippen LogP contribution in [0.3, 0.4) is 0 Å². The summed E-state index contributed by atoms with van der Waals surface area (Å²) in [7, 11) is 0. The third kappa shape index (κ3) is 4.82. The van der Waals surface area contributed by atoms with Gasteiger partial charge < -0.3 is 25.2 Å². The van der Waals surface area contributed by atoms with Crippen molar-refractivity contribution in [2.75, 3.05) is 18.5 Å². The topological polar surface area (TPSA) is 79.8 Å². The summed E-state index contributed by atoms with van der Waals surface area (Å²) in [6, 6.07) is 15.3. The summed E-state index contributed by atoms with van der Waals surface area (Å²) in [5.41, 5.74) is 0.985. The van der Waals surface area contributed by atoms with Crippen LogP contribution in [-0.4, -0.2) is 41.9 Å². The Morgan fingerprint density at radius 1 is 1.21 bits per heavy atom. The standard InChI is InChI=1S/C23H28N2O4/c1-23(14-28-19-5-3-2-4-6-19)15-29-21-12-7-16(13-20(21)25-23)22(27)24-17-8-10-18(26)11-9-17/h2-7,12-13,17-18,25-26H,8-11,14-15H2,1H3,(H,24,27). The molecule has 0 bridgehead atoms. The summed E-state index contributed by atoms with van der Waals surface area (Å²) >= 11 is 0. The second-order valence-electron chi connectivity index (χ2n) is 8.27. The highest BCUT2D eigenvalue weighted by Crippen LogP contribution is 2.34. The number of carbonyl (C=O) groups is 1. The molecule has 1 amide bonds. The van der Waals surface area contributed by atoms with Crippen LogP contribution in [0.25, 0.3) is 0 Å². The number of hydrogen-bond donors (Lipinski definition) is 3. The molecular weight excluding hydrogens is 368 g/mol. The molecule has 1 unspecified atom stereocenters. The number of ether oxygens (including phenoxy) is 2. The third-order valence-corrected chi connectivity index (χ3v) is 5.56. The summed E-state index contributed by atoms with van der Waals surface area (Å²) in [4.78, 5) is 12.7. The summed E-state index contributed by atoms with van der Waals surface area (Å²) < 4.78 is 11.8. The Balaban J connectivity index is 1.40. The number of aliphatic hydroxyl groups excluding tert-OH is 1. The summed E-state index contributed by atoms with van der Waals surface area (Å²) in [5.74, 6) is 1.45. The van der Waals surface area contributed by atoms with Crippen LogP contribution in [0.15, 0.2) is 48.5 Å². The monoisotopic (exact) mass is 396 g/mol. The maximum atomic E-state index is 12.7. The Labute approximate surface area is 171 Å². The quantitative estimate of drug-likeness (QED) is 0.722. The van der Waals surface area contributed by atoms with Crippen molar-refractivity contribution < 1.29 is 19.4 Å². The fraction of sp³-hybridized carbons (Fsp3) is 0.435. The minimum Gasteiger partial charge on any atom is -0.491 e. The van der Waals surface area contributed by atoms with E-state index in [-0.39, 0.29) is 18.1 Å². The van der Waals surface area contributed by atoms with E-state index in [9.17, 15) is 9.90 Å². The van der Waals surface area contributed by atoms with Gasteiger partial charge in [-0.15, -0.1) is 0 Å². The second kappa shape index (κ2) is 8.33. The van der Waals surface area contributed by atoms with Crippen molar-refractivity contribution in [3.05, 3.63) is 54.1 Å². The molecule has 1 aliphatic carbocycles. The first kappa shape index (κ1) is 19.6. The zero-order valence-corrected chi connectivity index (χ0v) is 16.7. The highest BCUT2D eigenvalue weighted by Gasteiger charge is 2.32. The number of hydrogen-bond acceptors (Lipinski definition) is 5. The van der Waals surface area contributed by atoms with Crippen molar-refractivity contribution in [2.24, 2.45) is 0 Å². The number of carbonyl (C=O) groups excluding carboxylic acids is 1. The first-order valence-corrected chi connectivity index (χ1v) is 10.2. The van der Waals surface area contributed by atoms with Gasteiger partial charge in [0.1, 0.15) is 30.3 Å². The number of rotatable bonds is 5. The van der Waals surface area contributed by atoms with Gasteiger partial charge in [-0.05, 0) is 62.9 Å². The van der Waals surface area contributed by atoms with Gasteiger partial charge in [-0.2, -0.15) is 0 Å². The molecule has 1 heterocycles. The average molecular weight is 396 g/mol. The normalized spacial score (nSPS) is 25.9. The van der Waals surface area contributed by atoms with E-state index in [1.807, 2.05) is 49.4 Å². The van der Waals surface area contributed by atoms with Crippen LogP contribution in [0.1, 0.15) is 43.0 Å². The number of benzene rings is 2. The van der Waals surface area contributed by atoms with E-state index >= 15 is 0 Å². The molecule has 1 atom stereocenters. The van der Waals surface area contributed by atoms with Crippen molar-refractivity contribution in [2.45, 2.75) is 50.3 Å². The van der Waals surface area contributed by atoms with Gasteiger partial charge >= 0.3 is 0 Å². The van der Waals surface area contributed by atoms with Gasteiger partial charge in [0.2, 0.25) is 0 Å². The lowest BCUT2D eigenvalue weighted by atomic mass is 9.93. The number of fused-ring (bicyclic) bond motifs is 1. The van der Waals surface area contributed by atoms with Crippen LogP contribution in [0.2, 0.25) is 0 Å². The average Bonchev–Trinajstić information content (AvgIpc) is 2.74. The molecule has 2 aromatic carbocycles. The van der Waals surface area contributed by atoms with E-state index in [1.165, 1.54) is 0 Å². The molecular formula is C23H28N2O4. The van der Waals surface area contributed by atoms with E-state index in [2.05, 4.69) is 10.6 Å². The predicted molar refractivity (Wildman–Crippen MR) is 112 cm³/mol. The number of aliphatic hydroxyl groups is 1. The summed E-state index contributed by atoms with van der Waals surface area (Å²) in [5, 5.41) is 16.2. The Kier molecular flexibility index (Phi) is 5.62. The summed E-state index contributed by atoms with van der Waals surface area (Å²) in [6.45, 7) is 2.96. The lowest BCUT2D eigenvalue weighted by molar-refractivity contribution is 0.0867. The fourth-order valence-electron chi connectivity index (χ4n) is 3.82. The number of amides is 1. The fourth-order valence-corrected chi connectivity index (χ4v) is 3.82. The Bertz CT molecular complexity index is 849. The smallest absolute Gasteiger partial charge is 0.251 e. The first-order valence-electron chi connectivity index (χ1n) is 10.2. The molecule has 3 N–H and O–H groups in total. The molecule has 1 aliphatic heterocycles. The lowest BCUT2D eigenvalue weighted by Crippen LogP contribution is -2.49. The van der Waals surface area contributed by atoms with Gasteiger partial charge in [0.05, 0.1) is 11.8 Å². The van der Waals surface area contributed by atoms with Gasteiger partial charge in [0.25, 0.3) is 5.91 Å². The maximum Gasteiger partial charge on any atom is 0.251 e. The molecule has 0 saturated heterocycles. The van der Waals surface area contributed by atoms with E-state index in [1.54, 1.807) is 6.07 Å². The predicted octanol–water partition coefficient (Wildman–Crippen LogP) is 3.36. The van der Waals surface area contributed by atoms with Crippen molar-refractivity contribution in [3.63, 3.8) is 0 Å². The van der Waals surface area contributed by atoms with Gasteiger partial charge in [0.15, 0.2) is 0 Å². The zero-order valence-electron chi connectivity index (χ0n) is 16.7. The highest BCUT2D eigenvalue weighted by atomic mass is 16.5. The van der Waals surface area contributed by atoms with Crippen molar-refractivity contribution >= 4 is 11.6 Å². The van der Waals surface area contributed by atoms with Gasteiger partial charge in [-0.25, -0.2) is 0 Å². The molecule has 0 aromatic heterocycles. The Morgan fingerprint density at radius 3 is 2.72 bits per heavy atom. The minimum absolute atomic E-state index is 0.0937. The molecule has 1 saturated carbocycles. The van der Waals surface area contributed by atoms with Crippen molar-refractivity contribution in [3.8, 4) is 11.5 Å².